The van der Waals surface area contributed by atoms with Crippen molar-refractivity contribution in [3.8, 4) is 0 Å². The van der Waals surface area contributed by atoms with Gasteiger partial charge in [-0.25, -0.2) is 0 Å². The lowest BCUT2D eigenvalue weighted by molar-refractivity contribution is 0.831. The van der Waals surface area contributed by atoms with Gasteiger partial charge in [0.2, 0.25) is 0 Å². The van der Waals surface area contributed by atoms with Crippen molar-refractivity contribution >= 4 is 12.8 Å². The van der Waals surface area contributed by atoms with Gasteiger partial charge in [-0.05, 0) is 25.1 Å². The van der Waals surface area contributed by atoms with E-state index in [1.165, 1.54) is 10.9 Å². The third kappa shape index (κ3) is 6.36. The van der Waals surface area contributed by atoms with Crippen molar-refractivity contribution < 1.29 is 0 Å². The lowest BCUT2D eigenvalue weighted by Crippen LogP contribution is -1.81. The normalized spacial score (nSPS) is 15.5. The lowest BCUT2D eigenvalue weighted by Gasteiger charge is -2.01. The van der Waals surface area contributed by atoms with E-state index in [9.17, 15) is 0 Å². The first-order valence-electron chi connectivity index (χ1n) is 5.33. The summed E-state index contributed by atoms with van der Waals surface area (Å²) in [4.78, 5) is 0. The van der Waals surface area contributed by atoms with Crippen molar-refractivity contribution in [2.75, 3.05) is 6.66 Å². The van der Waals surface area contributed by atoms with Gasteiger partial charge in [-0.15, -0.1) is 0 Å². The Kier molecular flexibility index (Phi) is 7.17. The Labute approximate surface area is 95.5 Å². The molecule has 0 fully saturated rings. The number of rotatable bonds is 5. The van der Waals surface area contributed by atoms with Gasteiger partial charge in [-0.3, -0.25) is 0 Å². The fraction of sp³-hybridized carbons (Fsp3) is 0.357. The van der Waals surface area contributed by atoms with Crippen LogP contribution in [0.2, 0.25) is 0 Å². The van der Waals surface area contributed by atoms with Gasteiger partial charge < -0.3 is 0 Å². The summed E-state index contributed by atoms with van der Waals surface area (Å²) in [5.74, 6) is 2.90. The standard InChI is InChI=1S/C14H23P/c1-7-13(5)15(6)11-14(8-2)10-9-12(3)4/h7-12,15H,1-2H2,3-6H3/b10-9+,14-11+. The van der Waals surface area contributed by atoms with Crippen molar-refractivity contribution in [1.82, 2.24) is 0 Å². The molecule has 0 aromatic heterocycles. The Morgan fingerprint density at radius 1 is 1.20 bits per heavy atom. The highest BCUT2D eigenvalue weighted by Gasteiger charge is 1.90. The van der Waals surface area contributed by atoms with E-state index in [1.54, 1.807) is 0 Å². The zero-order valence-electron chi connectivity index (χ0n) is 10.4. The summed E-state index contributed by atoms with van der Waals surface area (Å²) in [6.07, 6.45) is 8.23. The molecule has 0 saturated carbocycles. The van der Waals surface area contributed by atoms with Crippen molar-refractivity contribution in [3.63, 3.8) is 0 Å². The van der Waals surface area contributed by atoms with Crippen LogP contribution in [0.5, 0.6) is 0 Å². The minimum absolute atomic E-state index is 0.562. The molecule has 0 aliphatic heterocycles. The molecule has 1 atom stereocenters. The van der Waals surface area contributed by atoms with Gasteiger partial charge in [0.1, 0.15) is 0 Å². The van der Waals surface area contributed by atoms with Gasteiger partial charge in [0.05, 0.1) is 0 Å². The molecule has 1 heteroatoms. The minimum Gasteiger partial charge on any atom is -0.0988 e. The highest BCUT2D eigenvalue weighted by atomic mass is 31.1. The fourth-order valence-electron chi connectivity index (χ4n) is 1.00. The van der Waals surface area contributed by atoms with Crippen LogP contribution in [0.15, 0.2) is 48.9 Å². The molecular formula is C14H23P. The van der Waals surface area contributed by atoms with Crippen molar-refractivity contribution in [1.29, 1.82) is 0 Å². The maximum Gasteiger partial charge on any atom is -0.0264 e. The molecule has 0 bridgehead atoms. The van der Waals surface area contributed by atoms with Gasteiger partial charge >= 0.3 is 0 Å². The smallest absolute Gasteiger partial charge is 0.0264 e. The van der Waals surface area contributed by atoms with Gasteiger partial charge in [-0.2, -0.15) is 0 Å². The molecule has 0 rings (SSSR count). The Morgan fingerprint density at radius 2 is 1.80 bits per heavy atom. The molecule has 1 unspecified atom stereocenters. The second-order valence-electron chi connectivity index (χ2n) is 4.02. The lowest BCUT2D eigenvalue weighted by atomic mass is 10.1. The van der Waals surface area contributed by atoms with E-state index in [0.29, 0.717) is 5.92 Å². The first-order valence-corrected chi connectivity index (χ1v) is 7.41. The molecule has 0 aliphatic rings. The van der Waals surface area contributed by atoms with Gasteiger partial charge in [0, 0.05) is 0 Å². The average Bonchev–Trinajstić information content (AvgIpc) is 2.22. The SMILES string of the molecule is C=C\C(C)=[PH](C)/C=C(C=C)/C=C/C(C)C. The summed E-state index contributed by atoms with van der Waals surface area (Å²) in [6.45, 7) is 16.4. The summed E-state index contributed by atoms with van der Waals surface area (Å²) in [5, 5.41) is 1.39. The maximum absolute atomic E-state index is 3.84. The minimum atomic E-state index is -0.562. The summed E-state index contributed by atoms with van der Waals surface area (Å²) in [5.41, 5.74) is 1.22. The Bertz CT molecular complexity index is 314. The second-order valence-corrected chi connectivity index (χ2v) is 6.47. The maximum atomic E-state index is 3.84. The van der Waals surface area contributed by atoms with E-state index in [2.05, 4.69) is 58.6 Å². The predicted octanol–water partition coefficient (Wildman–Crippen LogP) is 4.49. The molecule has 15 heavy (non-hydrogen) atoms. The Hall–Kier alpha value is -0.740. The molecule has 0 spiro atoms. The van der Waals surface area contributed by atoms with E-state index in [4.69, 9.17) is 0 Å². The second kappa shape index (κ2) is 7.54. The third-order valence-corrected chi connectivity index (χ3v) is 4.44. The van der Waals surface area contributed by atoms with Crippen LogP contribution in [-0.4, -0.2) is 12.0 Å². The third-order valence-electron chi connectivity index (χ3n) is 2.22. The largest absolute Gasteiger partial charge is 0.0988 e. The van der Waals surface area contributed by atoms with Crippen molar-refractivity contribution in [2.24, 2.45) is 5.92 Å². The van der Waals surface area contributed by atoms with Crippen LogP contribution in [0, 0.1) is 5.92 Å². The summed E-state index contributed by atoms with van der Waals surface area (Å²) in [6, 6.07) is 0. The molecule has 0 nitrogen and oxygen atoms in total. The first kappa shape index (κ1) is 14.3. The molecular weight excluding hydrogens is 199 g/mol. The summed E-state index contributed by atoms with van der Waals surface area (Å²) in [7, 11) is -0.562. The van der Waals surface area contributed by atoms with E-state index >= 15 is 0 Å². The molecule has 0 heterocycles. The van der Waals surface area contributed by atoms with Gasteiger partial charge in [-0.1, -0.05) is 70.0 Å². The molecule has 0 aromatic carbocycles. The van der Waals surface area contributed by atoms with Crippen LogP contribution in [0.25, 0.3) is 0 Å². The molecule has 0 amide bonds. The monoisotopic (exact) mass is 222 g/mol. The fourth-order valence-corrected chi connectivity index (χ4v) is 2.27. The molecule has 0 N–H and O–H groups in total. The zero-order chi connectivity index (χ0) is 11.8. The molecule has 0 aliphatic carbocycles. The highest BCUT2D eigenvalue weighted by molar-refractivity contribution is 7.61. The van der Waals surface area contributed by atoms with Crippen molar-refractivity contribution in [2.45, 2.75) is 20.8 Å². The number of allylic oxidation sites excluding steroid dienone is 5. The number of hydrogen-bond donors (Lipinski definition) is 0. The van der Waals surface area contributed by atoms with Gasteiger partial charge in [0.25, 0.3) is 0 Å². The molecule has 0 aromatic rings. The molecule has 84 valence electrons. The van der Waals surface area contributed by atoms with Gasteiger partial charge in [0.15, 0.2) is 0 Å². The Morgan fingerprint density at radius 3 is 2.20 bits per heavy atom. The average molecular weight is 222 g/mol. The summed E-state index contributed by atoms with van der Waals surface area (Å²) < 4.78 is 0. The van der Waals surface area contributed by atoms with Crippen molar-refractivity contribution in [3.05, 3.63) is 48.9 Å². The van der Waals surface area contributed by atoms with E-state index in [0.717, 1.165) is 0 Å². The number of hydrogen-bond acceptors (Lipinski definition) is 0. The first-order chi connectivity index (χ1) is 7.01. The van der Waals surface area contributed by atoms with E-state index in [-0.39, 0.29) is 0 Å². The van der Waals surface area contributed by atoms with Crippen LogP contribution in [-0.2, 0) is 0 Å². The van der Waals surface area contributed by atoms with E-state index in [1.807, 2.05) is 12.2 Å². The van der Waals surface area contributed by atoms with Crippen LogP contribution >= 0.6 is 7.55 Å². The quantitative estimate of drug-likeness (QED) is 0.475. The van der Waals surface area contributed by atoms with E-state index < -0.39 is 7.55 Å². The summed E-state index contributed by atoms with van der Waals surface area (Å²) >= 11 is 0. The zero-order valence-corrected chi connectivity index (χ0v) is 11.4. The van der Waals surface area contributed by atoms with Crippen LogP contribution < -0.4 is 0 Å². The molecule has 0 radical (unpaired) electrons. The molecule has 0 saturated heterocycles. The van der Waals surface area contributed by atoms with Crippen LogP contribution in [0.1, 0.15) is 20.8 Å². The Balaban J connectivity index is 4.90. The highest BCUT2D eigenvalue weighted by Crippen LogP contribution is 2.25. The van der Waals surface area contributed by atoms with Crippen LogP contribution in [0.4, 0.5) is 0 Å². The topological polar surface area (TPSA) is 0 Å². The van der Waals surface area contributed by atoms with Crippen LogP contribution in [0.3, 0.4) is 0 Å². The predicted molar refractivity (Wildman–Crippen MR) is 77.4 cm³/mol.